The Balaban J connectivity index is 2.76. The van der Waals surface area contributed by atoms with E-state index in [4.69, 9.17) is 16.0 Å². The highest BCUT2D eigenvalue weighted by molar-refractivity contribution is 6.20. The molecule has 0 saturated carbocycles. The fraction of sp³-hybridized carbons (Fsp3) is 0.778. The first kappa shape index (κ1) is 11.3. The van der Waals surface area contributed by atoms with Crippen molar-refractivity contribution in [2.75, 3.05) is 11.9 Å². The molecule has 1 rings (SSSR count). The Morgan fingerprint density at radius 2 is 2.07 bits per heavy atom. The molecule has 4 nitrogen and oxygen atoms in total. The smallest absolute Gasteiger partial charge is 0.318 e. The summed E-state index contributed by atoms with van der Waals surface area (Å²) in [6.07, 6.45) is 1.03. The van der Waals surface area contributed by atoms with Crippen LogP contribution < -0.4 is 4.90 Å². The Labute approximate surface area is 89.3 Å². The van der Waals surface area contributed by atoms with Gasteiger partial charge in [-0.1, -0.05) is 12.0 Å². The molecule has 2 atom stereocenters. The van der Waals surface area contributed by atoms with E-state index in [0.717, 1.165) is 6.42 Å². The molecule has 0 aromatic carbocycles. The predicted molar refractivity (Wildman–Crippen MR) is 56.7 cm³/mol. The molecule has 14 heavy (non-hydrogen) atoms. The van der Waals surface area contributed by atoms with Crippen LogP contribution in [0.15, 0.2) is 4.42 Å². The molecule has 0 saturated heterocycles. The van der Waals surface area contributed by atoms with E-state index >= 15 is 0 Å². The molecule has 0 amide bonds. The number of anilines is 1. The Morgan fingerprint density at radius 3 is 2.50 bits per heavy atom. The third-order valence-corrected chi connectivity index (χ3v) is 2.51. The molecule has 0 aliphatic heterocycles. The van der Waals surface area contributed by atoms with Crippen molar-refractivity contribution < 1.29 is 4.42 Å². The second-order valence-corrected chi connectivity index (χ2v) is 4.06. The molecule has 80 valence electrons. The van der Waals surface area contributed by atoms with Gasteiger partial charge in [0, 0.05) is 13.1 Å². The van der Waals surface area contributed by atoms with E-state index in [2.05, 4.69) is 24.0 Å². The minimum atomic E-state index is -0.235. The molecule has 0 fully saturated rings. The molecule has 0 aliphatic rings. The van der Waals surface area contributed by atoms with Crippen molar-refractivity contribution >= 4 is 17.6 Å². The Hall–Kier alpha value is -0.770. The standard InChI is InChI=1S/C9H16ClN3O/c1-5-6(2)13(4)9-12-11-8(14-9)7(3)10/h6-7H,5H2,1-4H3. The van der Waals surface area contributed by atoms with Crippen LogP contribution >= 0.6 is 11.6 Å². The van der Waals surface area contributed by atoms with Crippen molar-refractivity contribution in [3.05, 3.63) is 5.89 Å². The fourth-order valence-electron chi connectivity index (χ4n) is 0.992. The maximum Gasteiger partial charge on any atom is 0.318 e. The topological polar surface area (TPSA) is 42.2 Å². The van der Waals surface area contributed by atoms with Crippen molar-refractivity contribution in [1.29, 1.82) is 0 Å². The molecule has 0 bridgehead atoms. The lowest BCUT2D eigenvalue weighted by Gasteiger charge is -2.20. The minimum absolute atomic E-state index is 0.235. The van der Waals surface area contributed by atoms with E-state index in [1.807, 2.05) is 18.9 Å². The van der Waals surface area contributed by atoms with Crippen LogP contribution in [0.4, 0.5) is 6.01 Å². The van der Waals surface area contributed by atoms with Gasteiger partial charge in [-0.05, 0) is 20.3 Å². The van der Waals surface area contributed by atoms with Gasteiger partial charge in [0.2, 0.25) is 5.89 Å². The van der Waals surface area contributed by atoms with E-state index in [1.54, 1.807) is 0 Å². The van der Waals surface area contributed by atoms with E-state index in [0.29, 0.717) is 17.9 Å². The summed E-state index contributed by atoms with van der Waals surface area (Å²) >= 11 is 5.82. The van der Waals surface area contributed by atoms with Crippen LogP contribution in [-0.2, 0) is 0 Å². The van der Waals surface area contributed by atoms with Crippen LogP contribution in [0.1, 0.15) is 38.5 Å². The number of aromatic nitrogens is 2. The van der Waals surface area contributed by atoms with E-state index in [9.17, 15) is 0 Å². The summed E-state index contributed by atoms with van der Waals surface area (Å²) in [5.41, 5.74) is 0. The molecule has 0 N–H and O–H groups in total. The highest BCUT2D eigenvalue weighted by Crippen LogP contribution is 2.22. The molecule has 0 radical (unpaired) electrons. The number of rotatable bonds is 4. The number of halogens is 1. The number of hydrogen-bond acceptors (Lipinski definition) is 4. The maximum atomic E-state index is 5.82. The number of alkyl halides is 1. The third-order valence-electron chi connectivity index (χ3n) is 2.32. The summed E-state index contributed by atoms with van der Waals surface area (Å²) in [7, 11) is 1.93. The van der Waals surface area contributed by atoms with Gasteiger partial charge in [0.05, 0.1) is 0 Å². The van der Waals surface area contributed by atoms with Crippen LogP contribution in [0.2, 0.25) is 0 Å². The second-order valence-electron chi connectivity index (χ2n) is 3.41. The van der Waals surface area contributed by atoms with Crippen LogP contribution in [0.25, 0.3) is 0 Å². The molecule has 2 unspecified atom stereocenters. The van der Waals surface area contributed by atoms with Crippen LogP contribution in [0, 0.1) is 0 Å². The quantitative estimate of drug-likeness (QED) is 0.728. The summed E-state index contributed by atoms with van der Waals surface area (Å²) in [5.74, 6) is 0.469. The van der Waals surface area contributed by atoms with E-state index in [-0.39, 0.29) is 5.38 Å². The Bertz CT molecular complexity index is 287. The highest BCUT2D eigenvalue weighted by atomic mass is 35.5. The first-order valence-electron chi connectivity index (χ1n) is 4.76. The van der Waals surface area contributed by atoms with Crippen LogP contribution in [0.3, 0.4) is 0 Å². The Morgan fingerprint density at radius 1 is 1.43 bits per heavy atom. The van der Waals surface area contributed by atoms with Crippen molar-refractivity contribution in [1.82, 2.24) is 10.2 Å². The van der Waals surface area contributed by atoms with Gasteiger partial charge in [-0.2, -0.15) is 0 Å². The first-order valence-corrected chi connectivity index (χ1v) is 5.20. The van der Waals surface area contributed by atoms with Crippen molar-refractivity contribution in [3.63, 3.8) is 0 Å². The zero-order valence-corrected chi connectivity index (χ0v) is 9.75. The molecule has 1 heterocycles. The van der Waals surface area contributed by atoms with Gasteiger partial charge in [0.1, 0.15) is 5.38 Å². The Kier molecular flexibility index (Phi) is 3.75. The predicted octanol–water partition coefficient (Wildman–Crippen LogP) is 2.60. The zero-order valence-electron chi connectivity index (χ0n) is 8.99. The molecule has 0 spiro atoms. The van der Waals surface area contributed by atoms with E-state index in [1.165, 1.54) is 0 Å². The summed E-state index contributed by atoms with van der Waals surface area (Å²) in [5, 5.41) is 7.56. The van der Waals surface area contributed by atoms with Gasteiger partial charge in [-0.25, -0.2) is 0 Å². The minimum Gasteiger partial charge on any atom is -0.406 e. The van der Waals surface area contributed by atoms with Gasteiger partial charge in [0.15, 0.2) is 0 Å². The number of nitrogens with zero attached hydrogens (tertiary/aromatic N) is 3. The molecular formula is C9H16ClN3O. The van der Waals surface area contributed by atoms with Crippen molar-refractivity contribution in [2.45, 2.75) is 38.6 Å². The van der Waals surface area contributed by atoms with Gasteiger partial charge in [-0.3, -0.25) is 0 Å². The van der Waals surface area contributed by atoms with Gasteiger partial charge < -0.3 is 9.32 Å². The van der Waals surface area contributed by atoms with E-state index < -0.39 is 0 Å². The highest BCUT2D eigenvalue weighted by Gasteiger charge is 2.16. The average Bonchev–Trinajstić information content (AvgIpc) is 2.64. The molecule has 5 heteroatoms. The summed E-state index contributed by atoms with van der Waals surface area (Å²) < 4.78 is 5.40. The van der Waals surface area contributed by atoms with Crippen molar-refractivity contribution in [3.8, 4) is 0 Å². The lowest BCUT2D eigenvalue weighted by Crippen LogP contribution is -2.28. The second kappa shape index (κ2) is 4.64. The molecule has 0 aliphatic carbocycles. The fourth-order valence-corrected chi connectivity index (χ4v) is 1.08. The number of hydrogen-bond donors (Lipinski definition) is 0. The van der Waals surface area contributed by atoms with Crippen LogP contribution in [-0.4, -0.2) is 23.3 Å². The molecule has 1 aromatic rings. The lowest BCUT2D eigenvalue weighted by molar-refractivity contribution is 0.474. The molecule has 1 aromatic heterocycles. The lowest BCUT2D eigenvalue weighted by atomic mass is 10.2. The maximum absolute atomic E-state index is 5.82. The van der Waals surface area contributed by atoms with Gasteiger partial charge in [0.25, 0.3) is 0 Å². The van der Waals surface area contributed by atoms with Gasteiger partial charge in [-0.15, -0.1) is 16.7 Å². The molecular weight excluding hydrogens is 202 g/mol. The normalized spacial score (nSPS) is 15.2. The summed E-state index contributed by atoms with van der Waals surface area (Å²) in [6, 6.07) is 0.913. The average molecular weight is 218 g/mol. The SMILES string of the molecule is CCC(C)N(C)c1nnc(C(C)Cl)o1. The van der Waals surface area contributed by atoms with Crippen LogP contribution in [0.5, 0.6) is 0 Å². The third kappa shape index (κ3) is 2.38. The first-order chi connectivity index (χ1) is 6.56. The largest absolute Gasteiger partial charge is 0.406 e. The summed E-state index contributed by atoms with van der Waals surface area (Å²) in [4.78, 5) is 1.95. The monoisotopic (exact) mass is 217 g/mol. The van der Waals surface area contributed by atoms with Crippen molar-refractivity contribution in [2.24, 2.45) is 0 Å². The zero-order chi connectivity index (χ0) is 10.7. The summed E-state index contributed by atoms with van der Waals surface area (Å²) in [6.45, 7) is 6.03. The van der Waals surface area contributed by atoms with Gasteiger partial charge >= 0.3 is 6.01 Å².